The second-order valence-corrected chi connectivity index (χ2v) is 5.84. The Morgan fingerprint density at radius 3 is 2.94 bits per heavy atom. The smallest absolute Gasteiger partial charge is 0.255 e. The van der Waals surface area contributed by atoms with E-state index in [1.165, 1.54) is 0 Å². The van der Waals surface area contributed by atoms with E-state index in [0.717, 1.165) is 24.1 Å². The first-order valence-electron chi connectivity index (χ1n) is 5.63. The number of pyridine rings is 1. The molecule has 1 saturated heterocycles. The zero-order valence-corrected chi connectivity index (χ0v) is 11.6. The van der Waals surface area contributed by atoms with Crippen LogP contribution in [0.15, 0.2) is 22.9 Å². The molecular weight excluding hydrogens is 282 g/mol. The van der Waals surface area contributed by atoms with Crippen LogP contribution in [0.25, 0.3) is 0 Å². The van der Waals surface area contributed by atoms with Crippen molar-refractivity contribution in [1.82, 2.24) is 15.2 Å². The van der Waals surface area contributed by atoms with Gasteiger partial charge < -0.3 is 10.2 Å². The van der Waals surface area contributed by atoms with E-state index in [2.05, 4.69) is 40.1 Å². The van der Waals surface area contributed by atoms with E-state index in [0.29, 0.717) is 5.56 Å². The molecule has 0 saturated carbocycles. The maximum atomic E-state index is 12.3. The SMILES string of the molecule is CC1(C)CN(C(=O)c2cncc(Br)c2)CCN1. The predicted molar refractivity (Wildman–Crippen MR) is 69.9 cm³/mol. The third-order valence-electron chi connectivity index (χ3n) is 2.81. The number of rotatable bonds is 1. The van der Waals surface area contributed by atoms with Crippen molar-refractivity contribution in [2.75, 3.05) is 19.6 Å². The fourth-order valence-corrected chi connectivity index (χ4v) is 2.39. The Balaban J connectivity index is 2.15. The predicted octanol–water partition coefficient (Wildman–Crippen LogP) is 1.67. The lowest BCUT2D eigenvalue weighted by Crippen LogP contribution is -2.58. The molecule has 1 aromatic rings. The highest BCUT2D eigenvalue weighted by Crippen LogP contribution is 2.15. The second-order valence-electron chi connectivity index (χ2n) is 4.93. The number of halogens is 1. The number of aromatic nitrogens is 1. The first kappa shape index (κ1) is 12.5. The first-order chi connectivity index (χ1) is 7.98. The molecule has 1 amide bonds. The molecule has 0 bridgehead atoms. The zero-order valence-electron chi connectivity index (χ0n) is 10.0. The van der Waals surface area contributed by atoms with E-state index in [1.807, 2.05) is 11.0 Å². The second kappa shape index (κ2) is 4.74. The van der Waals surface area contributed by atoms with Crippen molar-refractivity contribution in [1.29, 1.82) is 0 Å². The Morgan fingerprint density at radius 2 is 2.29 bits per heavy atom. The van der Waals surface area contributed by atoms with E-state index in [1.54, 1.807) is 12.4 Å². The molecule has 92 valence electrons. The maximum absolute atomic E-state index is 12.3. The van der Waals surface area contributed by atoms with E-state index in [-0.39, 0.29) is 11.4 Å². The zero-order chi connectivity index (χ0) is 12.5. The summed E-state index contributed by atoms with van der Waals surface area (Å²) in [6.45, 7) is 6.50. The summed E-state index contributed by atoms with van der Waals surface area (Å²) in [4.78, 5) is 18.2. The molecular formula is C12H16BrN3O. The average Bonchev–Trinajstić information content (AvgIpc) is 2.26. The van der Waals surface area contributed by atoms with Crippen molar-refractivity contribution in [3.8, 4) is 0 Å². The number of hydrogen-bond acceptors (Lipinski definition) is 3. The Bertz CT molecular complexity index is 434. The molecule has 0 aliphatic carbocycles. The van der Waals surface area contributed by atoms with Crippen molar-refractivity contribution in [3.63, 3.8) is 0 Å². The van der Waals surface area contributed by atoms with E-state index >= 15 is 0 Å². The van der Waals surface area contributed by atoms with Gasteiger partial charge in [0.1, 0.15) is 0 Å². The van der Waals surface area contributed by atoms with Gasteiger partial charge in [-0.3, -0.25) is 9.78 Å². The largest absolute Gasteiger partial charge is 0.335 e. The highest BCUT2D eigenvalue weighted by Gasteiger charge is 2.29. The van der Waals surface area contributed by atoms with Gasteiger partial charge >= 0.3 is 0 Å². The number of amides is 1. The first-order valence-corrected chi connectivity index (χ1v) is 6.42. The highest BCUT2D eigenvalue weighted by atomic mass is 79.9. The third kappa shape index (κ3) is 3.04. The van der Waals surface area contributed by atoms with Gasteiger partial charge in [0.15, 0.2) is 0 Å². The van der Waals surface area contributed by atoms with Gasteiger partial charge in [0.2, 0.25) is 0 Å². The molecule has 2 rings (SSSR count). The van der Waals surface area contributed by atoms with Crippen molar-refractivity contribution < 1.29 is 4.79 Å². The molecule has 1 aliphatic heterocycles. The molecule has 0 aromatic carbocycles. The summed E-state index contributed by atoms with van der Waals surface area (Å²) in [7, 11) is 0. The highest BCUT2D eigenvalue weighted by molar-refractivity contribution is 9.10. The van der Waals surface area contributed by atoms with Crippen LogP contribution in [0, 0.1) is 0 Å². The molecule has 0 radical (unpaired) electrons. The van der Waals surface area contributed by atoms with E-state index in [9.17, 15) is 4.79 Å². The summed E-state index contributed by atoms with van der Waals surface area (Å²) in [6.07, 6.45) is 3.29. The Morgan fingerprint density at radius 1 is 1.53 bits per heavy atom. The van der Waals surface area contributed by atoms with Crippen LogP contribution in [-0.2, 0) is 0 Å². The van der Waals surface area contributed by atoms with E-state index in [4.69, 9.17) is 0 Å². The van der Waals surface area contributed by atoms with Crippen LogP contribution in [0.5, 0.6) is 0 Å². The average molecular weight is 298 g/mol. The van der Waals surface area contributed by atoms with Gasteiger partial charge in [-0.1, -0.05) is 0 Å². The monoisotopic (exact) mass is 297 g/mol. The van der Waals surface area contributed by atoms with E-state index < -0.39 is 0 Å². The summed E-state index contributed by atoms with van der Waals surface area (Å²) in [6, 6.07) is 1.81. The normalized spacial score (nSPS) is 19.1. The van der Waals surface area contributed by atoms with Crippen molar-refractivity contribution in [2.24, 2.45) is 0 Å². The van der Waals surface area contributed by atoms with Crippen molar-refractivity contribution in [3.05, 3.63) is 28.5 Å². The van der Waals surface area contributed by atoms with Crippen LogP contribution < -0.4 is 5.32 Å². The molecule has 5 heteroatoms. The molecule has 17 heavy (non-hydrogen) atoms. The third-order valence-corrected chi connectivity index (χ3v) is 3.24. The van der Waals surface area contributed by atoms with Crippen LogP contribution in [0.3, 0.4) is 0 Å². The number of piperazine rings is 1. The van der Waals surface area contributed by atoms with Crippen LogP contribution in [0.1, 0.15) is 24.2 Å². The van der Waals surface area contributed by atoms with Crippen LogP contribution >= 0.6 is 15.9 Å². The molecule has 2 heterocycles. The lowest BCUT2D eigenvalue weighted by Gasteiger charge is -2.39. The van der Waals surface area contributed by atoms with Crippen LogP contribution in [0.2, 0.25) is 0 Å². The summed E-state index contributed by atoms with van der Waals surface area (Å²) >= 11 is 3.33. The van der Waals surface area contributed by atoms with Gasteiger partial charge in [0.05, 0.1) is 5.56 Å². The summed E-state index contributed by atoms with van der Waals surface area (Å²) in [5.41, 5.74) is 0.616. The standard InChI is InChI=1S/C12H16BrN3O/c1-12(2)8-16(4-3-15-12)11(17)9-5-10(13)7-14-6-9/h5-7,15H,3-4,8H2,1-2H3. The summed E-state index contributed by atoms with van der Waals surface area (Å²) < 4.78 is 0.831. The van der Waals surface area contributed by atoms with Gasteiger partial charge in [-0.25, -0.2) is 0 Å². The fourth-order valence-electron chi connectivity index (χ4n) is 2.03. The van der Waals surface area contributed by atoms with Crippen molar-refractivity contribution >= 4 is 21.8 Å². The van der Waals surface area contributed by atoms with Crippen LogP contribution in [-0.4, -0.2) is 41.0 Å². The molecule has 1 aromatic heterocycles. The quantitative estimate of drug-likeness (QED) is 0.858. The minimum Gasteiger partial charge on any atom is -0.335 e. The number of carbonyl (C=O) groups is 1. The number of nitrogens with one attached hydrogen (secondary N) is 1. The minimum atomic E-state index is -0.0205. The molecule has 1 aliphatic rings. The van der Waals surface area contributed by atoms with Gasteiger partial charge in [-0.15, -0.1) is 0 Å². The van der Waals surface area contributed by atoms with Crippen molar-refractivity contribution in [2.45, 2.75) is 19.4 Å². The Labute approximate surface area is 110 Å². The topological polar surface area (TPSA) is 45.2 Å². The molecule has 0 unspecified atom stereocenters. The van der Waals surface area contributed by atoms with Gasteiger partial charge in [-0.05, 0) is 35.8 Å². The van der Waals surface area contributed by atoms with Gasteiger partial charge in [0, 0.05) is 42.0 Å². The van der Waals surface area contributed by atoms with Gasteiger partial charge in [-0.2, -0.15) is 0 Å². The number of carbonyl (C=O) groups excluding carboxylic acids is 1. The maximum Gasteiger partial charge on any atom is 0.255 e. The number of nitrogens with zero attached hydrogens (tertiary/aromatic N) is 2. The molecule has 0 spiro atoms. The summed E-state index contributed by atoms with van der Waals surface area (Å²) in [5, 5.41) is 3.39. The van der Waals surface area contributed by atoms with Gasteiger partial charge in [0.25, 0.3) is 5.91 Å². The fraction of sp³-hybridized carbons (Fsp3) is 0.500. The Kier molecular flexibility index (Phi) is 3.49. The molecule has 0 atom stereocenters. The summed E-state index contributed by atoms with van der Waals surface area (Å²) in [5.74, 6) is 0.0494. The molecule has 4 nitrogen and oxygen atoms in total. The molecule has 1 fully saturated rings. The Hall–Kier alpha value is -0.940. The lowest BCUT2D eigenvalue weighted by atomic mass is 10.0. The molecule has 1 N–H and O–H groups in total. The lowest BCUT2D eigenvalue weighted by molar-refractivity contribution is 0.0651. The van der Waals surface area contributed by atoms with Crippen LogP contribution in [0.4, 0.5) is 0 Å². The number of hydrogen-bond donors (Lipinski definition) is 1. The minimum absolute atomic E-state index is 0.0205.